The molecule has 1 aromatic carbocycles. The molecule has 3 heterocycles. The molecular weight excluding hydrogens is 350 g/mol. The lowest BCUT2D eigenvalue weighted by atomic mass is 9.98. The van der Waals surface area contributed by atoms with Gasteiger partial charge >= 0.3 is 0 Å². The Morgan fingerprint density at radius 2 is 2.27 bits per heavy atom. The van der Waals surface area contributed by atoms with E-state index in [0.717, 1.165) is 26.7 Å². The van der Waals surface area contributed by atoms with Crippen LogP contribution < -0.4 is 5.32 Å². The summed E-state index contributed by atoms with van der Waals surface area (Å²) in [5, 5.41) is 7.75. The Balaban J connectivity index is 1.37. The molecule has 1 saturated heterocycles. The normalized spacial score (nSPS) is 20.2. The van der Waals surface area contributed by atoms with E-state index in [4.69, 9.17) is 9.26 Å². The van der Waals surface area contributed by atoms with Crippen LogP contribution in [0.25, 0.3) is 16.3 Å². The van der Waals surface area contributed by atoms with Crippen molar-refractivity contribution in [1.29, 1.82) is 0 Å². The Hall–Kier alpha value is -2.51. The van der Waals surface area contributed by atoms with E-state index in [9.17, 15) is 4.79 Å². The molecule has 134 valence electrons. The molecule has 0 radical (unpaired) electrons. The van der Waals surface area contributed by atoms with Crippen LogP contribution >= 0.6 is 11.3 Å². The smallest absolute Gasteiger partial charge is 0.244 e. The largest absolute Gasteiger partial charge is 0.379 e. The number of carbonyl (C=O) groups is 1. The molecule has 0 spiro atoms. The zero-order chi connectivity index (χ0) is 17.9. The fourth-order valence-corrected chi connectivity index (χ4v) is 3.94. The molecule has 7 heteroatoms. The van der Waals surface area contributed by atoms with Gasteiger partial charge in [-0.15, -0.1) is 11.3 Å². The first kappa shape index (κ1) is 16.9. The fraction of sp³-hybridized carbons (Fsp3) is 0.316. The highest BCUT2D eigenvalue weighted by atomic mass is 32.1. The van der Waals surface area contributed by atoms with Crippen molar-refractivity contribution in [2.24, 2.45) is 5.92 Å². The summed E-state index contributed by atoms with van der Waals surface area (Å²) in [5.74, 6) is 0.864. The van der Waals surface area contributed by atoms with Gasteiger partial charge in [-0.2, -0.15) is 0 Å². The lowest BCUT2D eigenvalue weighted by Gasteiger charge is -2.16. The molecule has 1 fully saturated rings. The molecule has 0 saturated carbocycles. The van der Waals surface area contributed by atoms with Crippen LogP contribution in [0.1, 0.15) is 16.5 Å². The fourth-order valence-electron chi connectivity index (χ4n) is 3.07. The molecule has 3 aromatic rings. The van der Waals surface area contributed by atoms with E-state index in [1.165, 1.54) is 6.08 Å². The summed E-state index contributed by atoms with van der Waals surface area (Å²) >= 11 is 1.56. The number of fused-ring (bicyclic) bond motifs is 1. The van der Waals surface area contributed by atoms with Crippen LogP contribution in [0.5, 0.6) is 0 Å². The van der Waals surface area contributed by atoms with Crippen molar-refractivity contribution in [3.05, 3.63) is 52.9 Å². The highest BCUT2D eigenvalue weighted by Crippen LogP contribution is 2.23. The van der Waals surface area contributed by atoms with E-state index in [1.807, 2.05) is 37.3 Å². The average Bonchev–Trinajstić information content (AvgIpc) is 3.34. The number of benzene rings is 1. The van der Waals surface area contributed by atoms with Gasteiger partial charge in [-0.3, -0.25) is 4.79 Å². The van der Waals surface area contributed by atoms with Gasteiger partial charge in [-0.25, -0.2) is 4.98 Å². The van der Waals surface area contributed by atoms with Crippen molar-refractivity contribution >= 4 is 33.5 Å². The Morgan fingerprint density at radius 3 is 3.08 bits per heavy atom. The second-order valence-electron chi connectivity index (χ2n) is 6.40. The van der Waals surface area contributed by atoms with Crippen LogP contribution in [-0.4, -0.2) is 35.3 Å². The van der Waals surface area contributed by atoms with Crippen LogP contribution in [0.4, 0.5) is 0 Å². The molecule has 0 bridgehead atoms. The van der Waals surface area contributed by atoms with E-state index in [-0.39, 0.29) is 17.9 Å². The number of rotatable bonds is 5. The summed E-state index contributed by atoms with van der Waals surface area (Å²) in [6.07, 6.45) is 3.99. The lowest BCUT2D eigenvalue weighted by molar-refractivity contribution is -0.117. The molecule has 1 aliphatic rings. The van der Waals surface area contributed by atoms with Crippen molar-refractivity contribution in [3.8, 4) is 0 Å². The standard InChI is InChI=1S/C19H19N3O3S/c1-12-8-14(25-22-12)9-13-10-24-11-16(13)20-18(23)6-7-19-21-15-4-2-3-5-17(15)26-19/h2-8,13,16H,9-11H2,1H3,(H,20,23)/b7-6+/t13-,16+/m1/s1. The first-order valence-electron chi connectivity index (χ1n) is 8.51. The maximum Gasteiger partial charge on any atom is 0.244 e. The molecule has 1 aliphatic heterocycles. The van der Waals surface area contributed by atoms with Crippen molar-refractivity contribution in [2.75, 3.05) is 13.2 Å². The number of aryl methyl sites for hydroxylation is 1. The van der Waals surface area contributed by atoms with Crippen molar-refractivity contribution in [2.45, 2.75) is 19.4 Å². The molecule has 2 atom stereocenters. The topological polar surface area (TPSA) is 77.2 Å². The minimum atomic E-state index is -0.140. The zero-order valence-corrected chi connectivity index (χ0v) is 15.2. The van der Waals surface area contributed by atoms with Gasteiger partial charge < -0.3 is 14.6 Å². The highest BCUT2D eigenvalue weighted by molar-refractivity contribution is 7.19. The van der Waals surface area contributed by atoms with Gasteiger partial charge in [0.1, 0.15) is 10.8 Å². The number of hydrogen-bond acceptors (Lipinski definition) is 6. The van der Waals surface area contributed by atoms with Gasteiger partial charge in [0.25, 0.3) is 0 Å². The van der Waals surface area contributed by atoms with E-state index >= 15 is 0 Å². The summed E-state index contributed by atoms with van der Waals surface area (Å²) in [6, 6.07) is 9.82. The van der Waals surface area contributed by atoms with E-state index in [0.29, 0.717) is 19.6 Å². The third-order valence-corrected chi connectivity index (χ3v) is 5.36. The molecular formula is C19H19N3O3S. The van der Waals surface area contributed by atoms with Crippen LogP contribution in [0.2, 0.25) is 0 Å². The van der Waals surface area contributed by atoms with Crippen molar-refractivity contribution < 1.29 is 14.1 Å². The Bertz CT molecular complexity index is 913. The molecule has 2 aromatic heterocycles. The summed E-state index contributed by atoms with van der Waals surface area (Å²) in [4.78, 5) is 16.8. The Morgan fingerprint density at radius 1 is 1.38 bits per heavy atom. The van der Waals surface area contributed by atoms with E-state index in [2.05, 4.69) is 15.5 Å². The van der Waals surface area contributed by atoms with Crippen LogP contribution in [0.15, 0.2) is 40.9 Å². The van der Waals surface area contributed by atoms with Gasteiger partial charge in [0, 0.05) is 24.5 Å². The quantitative estimate of drug-likeness (QED) is 0.700. The second kappa shape index (κ2) is 7.39. The monoisotopic (exact) mass is 369 g/mol. The van der Waals surface area contributed by atoms with Gasteiger partial charge in [0.15, 0.2) is 0 Å². The number of aromatic nitrogens is 2. The zero-order valence-electron chi connectivity index (χ0n) is 14.3. The van der Waals surface area contributed by atoms with Gasteiger partial charge in [-0.1, -0.05) is 17.3 Å². The SMILES string of the molecule is Cc1cc(C[C@@H]2COC[C@@H]2NC(=O)/C=C/c2nc3ccccc3s2)on1. The Labute approximate surface area is 154 Å². The summed E-state index contributed by atoms with van der Waals surface area (Å²) in [5.41, 5.74) is 1.81. The number of amides is 1. The number of nitrogens with zero attached hydrogens (tertiary/aromatic N) is 2. The first-order chi connectivity index (χ1) is 12.7. The molecule has 26 heavy (non-hydrogen) atoms. The third-order valence-electron chi connectivity index (χ3n) is 4.35. The van der Waals surface area contributed by atoms with Crippen LogP contribution in [0, 0.1) is 12.8 Å². The predicted molar refractivity (Wildman–Crippen MR) is 99.8 cm³/mol. The number of para-hydroxylation sites is 1. The summed E-state index contributed by atoms with van der Waals surface area (Å²) < 4.78 is 11.9. The average molecular weight is 369 g/mol. The molecule has 4 rings (SSSR count). The summed E-state index contributed by atoms with van der Waals surface area (Å²) in [6.45, 7) is 3.01. The maximum atomic E-state index is 12.3. The highest BCUT2D eigenvalue weighted by Gasteiger charge is 2.30. The number of ether oxygens (including phenoxy) is 1. The molecule has 1 amide bonds. The van der Waals surface area contributed by atoms with Crippen molar-refractivity contribution in [3.63, 3.8) is 0 Å². The summed E-state index contributed by atoms with van der Waals surface area (Å²) in [7, 11) is 0. The predicted octanol–water partition coefficient (Wildman–Crippen LogP) is 2.98. The van der Waals surface area contributed by atoms with Crippen LogP contribution in [0.3, 0.4) is 0 Å². The van der Waals surface area contributed by atoms with Gasteiger partial charge in [-0.05, 0) is 25.1 Å². The second-order valence-corrected chi connectivity index (χ2v) is 7.47. The molecule has 1 N–H and O–H groups in total. The van der Waals surface area contributed by atoms with Crippen LogP contribution in [-0.2, 0) is 16.0 Å². The van der Waals surface area contributed by atoms with Gasteiger partial charge in [0.05, 0.1) is 35.2 Å². The van der Waals surface area contributed by atoms with Crippen molar-refractivity contribution in [1.82, 2.24) is 15.5 Å². The lowest BCUT2D eigenvalue weighted by Crippen LogP contribution is -2.39. The number of nitrogens with one attached hydrogen (secondary N) is 1. The molecule has 0 unspecified atom stereocenters. The van der Waals surface area contributed by atoms with E-state index < -0.39 is 0 Å². The minimum Gasteiger partial charge on any atom is -0.379 e. The molecule has 0 aliphatic carbocycles. The number of carbonyl (C=O) groups excluding carboxylic acids is 1. The van der Waals surface area contributed by atoms with E-state index in [1.54, 1.807) is 17.4 Å². The number of hydrogen-bond donors (Lipinski definition) is 1. The number of thiazole rings is 1. The minimum absolute atomic E-state index is 0.0343. The first-order valence-corrected chi connectivity index (χ1v) is 9.33. The maximum absolute atomic E-state index is 12.3. The Kier molecular flexibility index (Phi) is 4.81. The van der Waals surface area contributed by atoms with Gasteiger partial charge in [0.2, 0.25) is 5.91 Å². The third kappa shape index (κ3) is 3.84. The molecule has 6 nitrogen and oxygen atoms in total.